The lowest BCUT2D eigenvalue weighted by Gasteiger charge is -1.86. The third-order valence-electron chi connectivity index (χ3n) is 0.582. The van der Waals surface area contributed by atoms with E-state index >= 15 is 0 Å². The van der Waals surface area contributed by atoms with E-state index in [9.17, 15) is 4.46 Å². The first kappa shape index (κ1) is 7.30. The lowest BCUT2D eigenvalue weighted by Crippen LogP contribution is -2.12. The molecule has 0 radical (unpaired) electrons. The lowest BCUT2D eigenvalue weighted by atomic mass is 10.6. The summed E-state index contributed by atoms with van der Waals surface area (Å²) in [7, 11) is -1.46. The number of nitrogens with one attached hydrogen (secondary N) is 1. The Balaban J connectivity index is 3.00. The third kappa shape index (κ3) is 4.14. The van der Waals surface area contributed by atoms with Crippen molar-refractivity contribution in [2.24, 2.45) is 0 Å². The van der Waals surface area contributed by atoms with Crippen LogP contribution in [0, 0.1) is 0 Å². The molecule has 0 aromatic heterocycles. The van der Waals surface area contributed by atoms with Crippen molar-refractivity contribution in [3.8, 4) is 0 Å². The van der Waals surface area contributed by atoms with Crippen LogP contribution in [0.3, 0.4) is 0 Å². The van der Waals surface area contributed by atoms with E-state index in [2.05, 4.69) is 20.2 Å². The van der Waals surface area contributed by atoms with Crippen molar-refractivity contribution in [2.75, 3.05) is 0 Å². The van der Waals surface area contributed by atoms with Crippen LogP contribution in [0.25, 0.3) is 0 Å². The lowest BCUT2D eigenvalue weighted by molar-refractivity contribution is 0.557. The van der Waals surface area contributed by atoms with Gasteiger partial charge in [0.05, 0.1) is 0 Å². The maximum Gasteiger partial charge on any atom is 0.402 e. The largest absolute Gasteiger partial charge is 0.402 e. The van der Waals surface area contributed by atoms with E-state index in [1.54, 1.807) is 0 Å². The predicted molar refractivity (Wildman–Crippen MR) is 33.6 cm³/mol. The molecule has 0 saturated heterocycles. The van der Waals surface area contributed by atoms with Gasteiger partial charge in [-0.2, -0.15) is 0 Å². The minimum atomic E-state index is -1.46. The predicted octanol–water partition coefficient (Wildman–Crippen LogP) is 1.21. The molecule has 4 heteroatoms. The molecule has 0 rings (SSSR count). The molecule has 0 spiro atoms. The summed E-state index contributed by atoms with van der Waals surface area (Å²) in [6.45, 7) is 2.01. The Morgan fingerprint density at radius 1 is 1.86 bits per heavy atom. The molecule has 0 amide bonds. The van der Waals surface area contributed by atoms with Gasteiger partial charge in [-0.05, 0) is 0 Å². The highest BCUT2D eigenvalue weighted by molar-refractivity contribution is 9.08. The average Bonchev–Trinajstić information content (AvgIpc) is 1.68. The summed E-state index contributed by atoms with van der Waals surface area (Å²) < 4.78 is 13.0. The highest BCUT2D eigenvalue weighted by atomic mass is 79.9. The van der Waals surface area contributed by atoms with Crippen molar-refractivity contribution < 1.29 is 4.46 Å². The first-order chi connectivity index (χ1) is 3.31. The fraction of sp³-hybridized carbons (Fsp3) is 1.00. The SMILES string of the molecule is CCC[Si](=O)NBr. The van der Waals surface area contributed by atoms with Gasteiger partial charge in [-0.3, -0.25) is 0 Å². The van der Waals surface area contributed by atoms with Crippen LogP contribution in [-0.2, 0) is 4.46 Å². The fourth-order valence-electron chi connectivity index (χ4n) is 0.274. The van der Waals surface area contributed by atoms with Gasteiger partial charge >= 0.3 is 8.84 Å². The van der Waals surface area contributed by atoms with Crippen LogP contribution >= 0.6 is 16.1 Å². The molecule has 0 aliphatic carbocycles. The van der Waals surface area contributed by atoms with Crippen LogP contribution in [0.1, 0.15) is 13.3 Å². The van der Waals surface area contributed by atoms with E-state index < -0.39 is 8.84 Å². The monoisotopic (exact) mass is 181 g/mol. The van der Waals surface area contributed by atoms with E-state index in [-0.39, 0.29) is 0 Å². The smallest absolute Gasteiger partial charge is 0.359 e. The van der Waals surface area contributed by atoms with Gasteiger partial charge in [0.15, 0.2) is 0 Å². The Morgan fingerprint density at radius 2 is 2.43 bits per heavy atom. The molecule has 0 bridgehead atoms. The molecule has 0 saturated carbocycles. The van der Waals surface area contributed by atoms with E-state index in [4.69, 9.17) is 0 Å². The molecule has 42 valence electrons. The zero-order valence-electron chi connectivity index (χ0n) is 4.20. The Hall–Kier alpha value is 0.297. The Labute approximate surface area is 53.4 Å². The zero-order chi connectivity index (χ0) is 5.70. The molecule has 1 N–H and O–H groups in total. The molecule has 0 atom stereocenters. The second-order valence-corrected chi connectivity index (χ2v) is 3.99. The van der Waals surface area contributed by atoms with Crippen molar-refractivity contribution in [2.45, 2.75) is 19.4 Å². The molecule has 2 nitrogen and oxygen atoms in total. The summed E-state index contributed by atoms with van der Waals surface area (Å²) in [6, 6.07) is 0.788. The van der Waals surface area contributed by atoms with Crippen LogP contribution in [0.4, 0.5) is 0 Å². The highest BCUT2D eigenvalue weighted by Gasteiger charge is 1.96. The van der Waals surface area contributed by atoms with Crippen molar-refractivity contribution in [1.82, 2.24) is 4.01 Å². The van der Waals surface area contributed by atoms with Gasteiger partial charge in [0.2, 0.25) is 0 Å². The third-order valence-corrected chi connectivity index (χ3v) is 3.07. The maximum atomic E-state index is 10.4. The molecule has 7 heavy (non-hydrogen) atoms. The molecule has 0 aromatic rings. The van der Waals surface area contributed by atoms with Gasteiger partial charge in [-0.15, -0.1) is 0 Å². The number of hydrogen-bond donors (Lipinski definition) is 1. The fourth-order valence-corrected chi connectivity index (χ4v) is 1.42. The van der Waals surface area contributed by atoms with Gasteiger partial charge in [-0.25, -0.2) is 0 Å². The molecule has 0 fully saturated rings. The quantitative estimate of drug-likeness (QED) is 0.525. The standard InChI is InChI=1S/C3H8BrNOSi/c1-2-3-7(6)5-4/h5H,2-3H2,1H3. The topological polar surface area (TPSA) is 29.1 Å². The summed E-state index contributed by atoms with van der Waals surface area (Å²) in [5.74, 6) is 0. The summed E-state index contributed by atoms with van der Waals surface area (Å²) in [6.07, 6.45) is 0.983. The van der Waals surface area contributed by atoms with E-state index in [0.717, 1.165) is 12.5 Å². The summed E-state index contributed by atoms with van der Waals surface area (Å²) in [4.78, 5) is 0. The first-order valence-electron chi connectivity index (χ1n) is 2.20. The first-order valence-corrected chi connectivity index (χ1v) is 4.61. The Bertz CT molecular complexity index is 68.0. The average molecular weight is 182 g/mol. The van der Waals surface area contributed by atoms with Crippen LogP contribution < -0.4 is 4.01 Å². The Kier molecular flexibility index (Phi) is 4.64. The van der Waals surface area contributed by atoms with Gasteiger partial charge < -0.3 is 8.47 Å². The van der Waals surface area contributed by atoms with Crippen LogP contribution in [0.5, 0.6) is 0 Å². The molecule has 0 aromatic carbocycles. The van der Waals surface area contributed by atoms with Crippen molar-refractivity contribution >= 4 is 25.0 Å². The van der Waals surface area contributed by atoms with Crippen LogP contribution in [0.15, 0.2) is 0 Å². The number of rotatable bonds is 3. The molecular weight excluding hydrogens is 174 g/mol. The molecule has 0 unspecified atom stereocenters. The molecule has 0 heterocycles. The van der Waals surface area contributed by atoms with E-state index in [1.807, 2.05) is 6.92 Å². The second kappa shape index (κ2) is 4.46. The van der Waals surface area contributed by atoms with Crippen molar-refractivity contribution in [1.29, 1.82) is 0 Å². The maximum absolute atomic E-state index is 10.4. The van der Waals surface area contributed by atoms with Crippen molar-refractivity contribution in [3.63, 3.8) is 0 Å². The number of hydrogen-bond acceptors (Lipinski definition) is 1. The number of halogens is 1. The van der Waals surface area contributed by atoms with Gasteiger partial charge in [0.1, 0.15) is 0 Å². The van der Waals surface area contributed by atoms with Gasteiger partial charge in [0, 0.05) is 22.2 Å². The summed E-state index contributed by atoms with van der Waals surface area (Å²) in [5, 5.41) is 0. The Morgan fingerprint density at radius 3 is 2.57 bits per heavy atom. The van der Waals surface area contributed by atoms with Gasteiger partial charge in [0.25, 0.3) is 0 Å². The molecule has 0 aliphatic heterocycles. The minimum absolute atomic E-state index is 0.788. The highest BCUT2D eigenvalue weighted by Crippen LogP contribution is 1.86. The van der Waals surface area contributed by atoms with Crippen molar-refractivity contribution in [3.05, 3.63) is 0 Å². The second-order valence-electron chi connectivity index (χ2n) is 1.27. The van der Waals surface area contributed by atoms with E-state index in [0.29, 0.717) is 0 Å². The zero-order valence-corrected chi connectivity index (χ0v) is 6.79. The van der Waals surface area contributed by atoms with Crippen LogP contribution in [-0.4, -0.2) is 8.84 Å². The molecular formula is C3H8BrNOSi. The normalized spacial score (nSPS) is 8.29. The summed E-state index contributed by atoms with van der Waals surface area (Å²) in [5.41, 5.74) is 0. The minimum Gasteiger partial charge on any atom is -0.359 e. The molecule has 0 aliphatic rings. The summed E-state index contributed by atoms with van der Waals surface area (Å²) >= 11 is 2.90. The van der Waals surface area contributed by atoms with E-state index in [1.165, 1.54) is 0 Å². The van der Waals surface area contributed by atoms with Gasteiger partial charge in [-0.1, -0.05) is 13.3 Å². The van der Waals surface area contributed by atoms with Crippen LogP contribution in [0.2, 0.25) is 6.04 Å².